The molecule has 0 bridgehead atoms. The third kappa shape index (κ3) is 4.29. The molecule has 0 fully saturated rings. The van der Waals surface area contributed by atoms with Crippen LogP contribution in [0.25, 0.3) is 11.1 Å². The molecule has 0 N–H and O–H groups in total. The number of fused-ring (bicyclic) bond motifs is 3. The molecule has 0 amide bonds. The Morgan fingerprint density at radius 2 is 1.23 bits per heavy atom. The summed E-state index contributed by atoms with van der Waals surface area (Å²) in [5.41, 5.74) is 6.61. The lowest BCUT2D eigenvalue weighted by molar-refractivity contribution is 0.370. The molecule has 5 heteroatoms. The number of hydrogen-bond donors (Lipinski definition) is 0. The number of hydrogen-bond acceptors (Lipinski definition) is 4. The molecule has 0 aliphatic heterocycles. The van der Waals surface area contributed by atoms with Crippen molar-refractivity contribution in [2.75, 3.05) is 21.3 Å². The van der Waals surface area contributed by atoms with Crippen LogP contribution in [0.5, 0.6) is 17.2 Å². The van der Waals surface area contributed by atoms with Crippen LogP contribution in [0.15, 0.2) is 109 Å². The van der Waals surface area contributed by atoms with E-state index in [1.54, 1.807) is 21.3 Å². The summed E-state index contributed by atoms with van der Waals surface area (Å²) in [6.45, 7) is 0. The molecule has 6 rings (SSSR count). The second-order valence-electron chi connectivity index (χ2n) is 9.90. The van der Waals surface area contributed by atoms with E-state index in [4.69, 9.17) is 14.2 Å². The Bertz CT molecular complexity index is 1660. The van der Waals surface area contributed by atoms with Gasteiger partial charge in [-0.3, -0.25) is 0 Å². The third-order valence-corrected chi connectivity index (χ3v) is 11.0. The first-order valence-corrected chi connectivity index (χ1v) is 15.0. The molecule has 0 aromatic heterocycles. The Labute approximate surface area is 235 Å². The van der Waals surface area contributed by atoms with Crippen LogP contribution in [0.4, 0.5) is 0 Å². The van der Waals surface area contributed by atoms with Crippen molar-refractivity contribution in [2.45, 2.75) is 12.8 Å². The van der Waals surface area contributed by atoms with Gasteiger partial charge in [0.25, 0.3) is 0 Å². The van der Waals surface area contributed by atoms with Crippen LogP contribution in [0.3, 0.4) is 0 Å². The lowest BCUT2D eigenvalue weighted by Gasteiger charge is -2.26. The van der Waals surface area contributed by atoms with E-state index in [9.17, 15) is 0 Å². The van der Waals surface area contributed by atoms with Gasteiger partial charge in [-0.05, 0) is 34.2 Å². The summed E-state index contributed by atoms with van der Waals surface area (Å²) in [5, 5.41) is 2.54. The summed E-state index contributed by atoms with van der Waals surface area (Å²) in [7, 11) is 1.63. The molecular weight excluding hydrogens is 515 g/mol. The van der Waals surface area contributed by atoms with Gasteiger partial charge >= 0.3 is 0 Å². The monoisotopic (exact) mass is 546 g/mol. The van der Waals surface area contributed by atoms with E-state index >= 15 is 4.57 Å². The van der Waals surface area contributed by atoms with Crippen LogP contribution in [0.2, 0.25) is 0 Å². The van der Waals surface area contributed by atoms with Crippen LogP contribution < -0.4 is 30.1 Å². The fraction of sp³-hybridized carbons (Fsp3) is 0.143. The van der Waals surface area contributed by atoms with Gasteiger partial charge in [0.2, 0.25) is 0 Å². The molecule has 5 aromatic rings. The summed E-state index contributed by atoms with van der Waals surface area (Å²) in [6.07, 6.45) is 1.22. The van der Waals surface area contributed by atoms with Crippen molar-refractivity contribution in [2.24, 2.45) is 0 Å². The molecular formula is C35H31O4P. The first kappa shape index (κ1) is 26.0. The zero-order valence-corrected chi connectivity index (χ0v) is 23.8. The molecule has 0 radical (unpaired) electrons. The van der Waals surface area contributed by atoms with Gasteiger partial charge in [-0.2, -0.15) is 0 Å². The molecule has 40 heavy (non-hydrogen) atoms. The van der Waals surface area contributed by atoms with Gasteiger partial charge in [-0.1, -0.05) is 97.1 Å². The molecule has 0 heterocycles. The lowest BCUT2D eigenvalue weighted by Crippen LogP contribution is -2.30. The zero-order valence-electron chi connectivity index (χ0n) is 22.9. The normalized spacial score (nSPS) is 12.0. The summed E-state index contributed by atoms with van der Waals surface area (Å²) in [4.78, 5) is 0. The van der Waals surface area contributed by atoms with Crippen LogP contribution >= 0.6 is 7.14 Å². The smallest absolute Gasteiger partial charge is 0.171 e. The predicted octanol–water partition coefficient (Wildman–Crippen LogP) is 6.51. The molecule has 4 nitrogen and oxygen atoms in total. The minimum Gasteiger partial charge on any atom is -0.496 e. The van der Waals surface area contributed by atoms with E-state index in [0.717, 1.165) is 44.6 Å². The first-order chi connectivity index (χ1) is 19.6. The van der Waals surface area contributed by atoms with Gasteiger partial charge in [-0.25, -0.2) is 0 Å². The van der Waals surface area contributed by atoms with Gasteiger partial charge in [0.05, 0.1) is 21.3 Å². The molecule has 0 saturated heterocycles. The first-order valence-electron chi connectivity index (χ1n) is 13.3. The Morgan fingerprint density at radius 3 is 1.80 bits per heavy atom. The molecule has 0 spiro atoms. The highest BCUT2D eigenvalue weighted by Gasteiger charge is 2.37. The average molecular weight is 547 g/mol. The molecule has 0 unspecified atom stereocenters. The van der Waals surface area contributed by atoms with E-state index in [0.29, 0.717) is 23.7 Å². The topological polar surface area (TPSA) is 44.8 Å². The maximum absolute atomic E-state index is 15.9. The largest absolute Gasteiger partial charge is 0.496 e. The summed E-state index contributed by atoms with van der Waals surface area (Å²) < 4.78 is 33.0. The van der Waals surface area contributed by atoms with Crippen LogP contribution in [-0.2, 0) is 17.4 Å². The van der Waals surface area contributed by atoms with Crippen LogP contribution in [-0.4, -0.2) is 21.3 Å². The SMILES string of the molecule is COc1cc(OC)c(Cc2ccc3c(c2P(=O)(c2ccccc2)c2ccccc2)Cc2ccccc2-3)c(OC)c1. The Hall–Kier alpha value is -4.27. The lowest BCUT2D eigenvalue weighted by atomic mass is 9.97. The van der Waals surface area contributed by atoms with E-state index in [2.05, 4.69) is 36.4 Å². The fourth-order valence-corrected chi connectivity index (χ4v) is 9.04. The molecule has 1 aliphatic carbocycles. The van der Waals surface area contributed by atoms with Crippen LogP contribution in [0, 0.1) is 0 Å². The third-order valence-electron chi connectivity index (χ3n) is 7.78. The second-order valence-corrected chi connectivity index (χ2v) is 12.6. The maximum Gasteiger partial charge on any atom is 0.171 e. The van der Waals surface area contributed by atoms with Gasteiger partial charge in [0, 0.05) is 40.0 Å². The number of rotatable bonds is 8. The molecule has 5 aromatic carbocycles. The summed E-state index contributed by atoms with van der Waals surface area (Å²) >= 11 is 0. The second kappa shape index (κ2) is 10.7. The minimum absolute atomic E-state index is 0.485. The van der Waals surface area contributed by atoms with Crippen molar-refractivity contribution in [1.29, 1.82) is 0 Å². The molecule has 0 saturated carbocycles. The molecule has 0 atom stereocenters. The fourth-order valence-electron chi connectivity index (χ4n) is 5.90. The highest BCUT2D eigenvalue weighted by atomic mass is 31.2. The molecule has 200 valence electrons. The van der Waals surface area contributed by atoms with Crippen molar-refractivity contribution in [3.8, 4) is 28.4 Å². The van der Waals surface area contributed by atoms with E-state index in [-0.39, 0.29) is 0 Å². The van der Waals surface area contributed by atoms with Gasteiger partial charge in [-0.15, -0.1) is 0 Å². The summed E-state index contributed by atoms with van der Waals surface area (Å²) in [5.74, 6) is 1.99. The minimum atomic E-state index is -3.29. The summed E-state index contributed by atoms with van der Waals surface area (Å²) in [6, 6.07) is 36.3. The standard InChI is InChI=1S/C35H31O4P/c1-37-26-22-33(38-2)32(34(23-26)39-3)21-25-18-19-30-29-17-11-10-12-24(29)20-31(30)35(25)40(36,27-13-6-4-7-14-27)28-15-8-5-9-16-28/h4-19,22-23H,20-21H2,1-3H3. The molecule has 1 aliphatic rings. The van der Waals surface area contributed by atoms with Gasteiger partial charge < -0.3 is 18.8 Å². The Balaban J connectivity index is 1.66. The van der Waals surface area contributed by atoms with E-state index < -0.39 is 7.14 Å². The quantitative estimate of drug-likeness (QED) is 0.204. The van der Waals surface area contributed by atoms with Crippen LogP contribution in [0.1, 0.15) is 22.3 Å². The Kier molecular flexibility index (Phi) is 6.96. The number of benzene rings is 5. The van der Waals surface area contributed by atoms with Crippen molar-refractivity contribution < 1.29 is 18.8 Å². The Morgan fingerprint density at radius 1 is 0.650 bits per heavy atom. The van der Waals surface area contributed by atoms with E-state index in [1.807, 2.05) is 72.8 Å². The maximum atomic E-state index is 15.9. The average Bonchev–Trinajstić information content (AvgIpc) is 3.40. The highest BCUT2D eigenvalue weighted by molar-refractivity contribution is 7.85. The highest BCUT2D eigenvalue weighted by Crippen LogP contribution is 2.49. The van der Waals surface area contributed by atoms with Crippen molar-refractivity contribution in [1.82, 2.24) is 0 Å². The van der Waals surface area contributed by atoms with Crippen molar-refractivity contribution in [3.05, 3.63) is 131 Å². The van der Waals surface area contributed by atoms with Gasteiger partial charge in [0.1, 0.15) is 17.2 Å². The van der Waals surface area contributed by atoms with Crippen molar-refractivity contribution >= 4 is 23.1 Å². The predicted molar refractivity (Wildman–Crippen MR) is 163 cm³/mol. The number of methoxy groups -OCH3 is 3. The zero-order chi connectivity index (χ0) is 27.7. The van der Waals surface area contributed by atoms with E-state index in [1.165, 1.54) is 11.1 Å². The number of ether oxygens (including phenoxy) is 3. The van der Waals surface area contributed by atoms with Gasteiger partial charge in [0.15, 0.2) is 7.14 Å². The van der Waals surface area contributed by atoms with Crippen molar-refractivity contribution in [3.63, 3.8) is 0 Å².